The summed E-state index contributed by atoms with van der Waals surface area (Å²) in [7, 11) is 0. The number of benzene rings is 2. The average Bonchev–Trinajstić information content (AvgIpc) is 3.08. The van der Waals surface area contributed by atoms with Crippen molar-refractivity contribution in [2.45, 2.75) is 78.2 Å². The maximum Gasteiger partial charge on any atom is 0.414 e. The molecule has 1 amide bonds. The topological polar surface area (TPSA) is 194 Å². The van der Waals surface area contributed by atoms with Crippen molar-refractivity contribution in [2.24, 2.45) is 5.92 Å². The van der Waals surface area contributed by atoms with Crippen molar-refractivity contribution in [3.63, 3.8) is 0 Å². The summed E-state index contributed by atoms with van der Waals surface area (Å²) in [6, 6.07) is 14.6. The van der Waals surface area contributed by atoms with Crippen LogP contribution in [0.5, 0.6) is 5.75 Å². The molecule has 2 aliphatic heterocycles. The number of amides is 1. The highest BCUT2D eigenvalue weighted by Gasteiger charge is 2.29. The van der Waals surface area contributed by atoms with E-state index in [0.29, 0.717) is 37.7 Å². The van der Waals surface area contributed by atoms with E-state index in [4.69, 9.17) is 49.1 Å². The van der Waals surface area contributed by atoms with Gasteiger partial charge in [-0.15, -0.1) is 0 Å². The number of halogens is 1. The first-order chi connectivity index (χ1) is 24.5. The summed E-state index contributed by atoms with van der Waals surface area (Å²) in [4.78, 5) is 57.2. The molecule has 4 N–H and O–H groups in total. The number of ether oxygens (including phenoxy) is 2. The smallest absolute Gasteiger partial charge is 0.414 e. The van der Waals surface area contributed by atoms with Crippen molar-refractivity contribution in [2.75, 3.05) is 45.9 Å². The van der Waals surface area contributed by atoms with Crippen molar-refractivity contribution < 1.29 is 58.3 Å². The van der Waals surface area contributed by atoms with Crippen molar-refractivity contribution in [3.8, 4) is 5.75 Å². The summed E-state index contributed by atoms with van der Waals surface area (Å²) >= 11 is 0. The molecule has 0 spiro atoms. The van der Waals surface area contributed by atoms with Gasteiger partial charge in [0, 0.05) is 38.8 Å². The van der Waals surface area contributed by atoms with Crippen LogP contribution < -0.4 is 4.74 Å². The molecule has 14 nitrogen and oxygen atoms in total. The largest absolute Gasteiger partial charge is 0.493 e. The third-order valence-corrected chi connectivity index (χ3v) is 8.26. The first-order valence-electron chi connectivity index (χ1n) is 17.3. The van der Waals surface area contributed by atoms with Gasteiger partial charge in [0.2, 0.25) is 5.91 Å². The van der Waals surface area contributed by atoms with Crippen LogP contribution in [0.3, 0.4) is 0 Å². The Bertz CT molecular complexity index is 1370. The molecule has 0 aromatic heterocycles. The van der Waals surface area contributed by atoms with E-state index in [2.05, 4.69) is 37.5 Å². The van der Waals surface area contributed by atoms with Crippen LogP contribution in [0, 0.1) is 11.7 Å². The van der Waals surface area contributed by atoms with Crippen molar-refractivity contribution >= 4 is 29.8 Å². The number of carbonyl (C=O) groups excluding carboxylic acids is 1. The Morgan fingerprint density at radius 3 is 1.75 bits per heavy atom. The predicted octanol–water partition coefficient (Wildman–Crippen LogP) is 3.71. The standard InChI is InChI=1S/C33H48FN3O3.2C2H2O4/c1-25(2)24-39-32-12-8-28(9-13-32)20-33(38)37(23-29-6-10-30(34)11-7-29)31-14-18-35(19-15-31)16-5-17-36-21-26(3)40-27(4)22-36;2*3-1(4)2(5)6/h6-13,25-27,31H,5,14-24H2,1-4H3;2*(H,3,4)(H,5,6). The molecule has 0 bridgehead atoms. The zero-order valence-electron chi connectivity index (χ0n) is 30.3. The van der Waals surface area contributed by atoms with Gasteiger partial charge in [-0.05, 0) is 87.5 Å². The van der Waals surface area contributed by atoms with E-state index in [0.717, 1.165) is 75.4 Å². The summed E-state index contributed by atoms with van der Waals surface area (Å²) < 4.78 is 25.2. The van der Waals surface area contributed by atoms with E-state index in [1.807, 2.05) is 29.2 Å². The first-order valence-corrected chi connectivity index (χ1v) is 17.3. The van der Waals surface area contributed by atoms with Crippen LogP contribution in [0.1, 0.15) is 58.1 Å². The van der Waals surface area contributed by atoms with E-state index >= 15 is 0 Å². The zero-order valence-corrected chi connectivity index (χ0v) is 30.3. The number of piperidine rings is 1. The summed E-state index contributed by atoms with van der Waals surface area (Å²) in [6.45, 7) is 16.0. The fourth-order valence-corrected chi connectivity index (χ4v) is 5.89. The monoisotopic (exact) mass is 733 g/mol. The molecule has 2 saturated heterocycles. The molecule has 0 saturated carbocycles. The number of likely N-dealkylation sites (tertiary alicyclic amines) is 1. The fraction of sp³-hybridized carbons (Fsp3) is 0.541. The number of morpholine rings is 1. The number of carboxylic acids is 4. The third kappa shape index (κ3) is 17.1. The molecule has 52 heavy (non-hydrogen) atoms. The normalized spacial score (nSPS) is 17.9. The molecule has 15 heteroatoms. The quantitative estimate of drug-likeness (QED) is 0.231. The molecule has 2 atom stereocenters. The molecule has 2 aromatic carbocycles. The summed E-state index contributed by atoms with van der Waals surface area (Å²) in [5.74, 6) is -6.14. The van der Waals surface area contributed by atoms with Gasteiger partial charge in [0.05, 0.1) is 25.2 Å². The number of hydrogen-bond acceptors (Lipinski definition) is 9. The van der Waals surface area contributed by atoms with Gasteiger partial charge in [-0.2, -0.15) is 0 Å². The van der Waals surface area contributed by atoms with Crippen LogP contribution in [-0.4, -0.2) is 129 Å². The van der Waals surface area contributed by atoms with Crippen molar-refractivity contribution in [1.29, 1.82) is 0 Å². The highest BCUT2D eigenvalue weighted by molar-refractivity contribution is 6.27. The molecular weight excluding hydrogens is 681 g/mol. The minimum absolute atomic E-state index is 0.120. The summed E-state index contributed by atoms with van der Waals surface area (Å²) in [5, 5.41) is 29.6. The number of hydrogen-bond donors (Lipinski definition) is 4. The maximum absolute atomic E-state index is 13.7. The molecule has 0 radical (unpaired) electrons. The van der Waals surface area contributed by atoms with E-state index in [1.165, 1.54) is 12.1 Å². The molecule has 288 valence electrons. The Hall–Kier alpha value is -4.60. The number of carboxylic acid groups (broad SMARTS) is 4. The number of carbonyl (C=O) groups is 5. The van der Waals surface area contributed by atoms with E-state index in [9.17, 15) is 9.18 Å². The SMILES string of the molecule is CC(C)COc1ccc(CC(=O)N(Cc2ccc(F)cc2)C2CCN(CCCN3CC(C)OC(C)C3)CC2)cc1.O=C(O)C(=O)O.O=C(O)C(=O)O. The molecule has 2 unspecified atom stereocenters. The first kappa shape index (κ1) is 43.6. The van der Waals surface area contributed by atoms with E-state index < -0.39 is 23.9 Å². The highest BCUT2D eigenvalue weighted by atomic mass is 19.1. The van der Waals surface area contributed by atoms with Crippen LogP contribution >= 0.6 is 0 Å². The summed E-state index contributed by atoms with van der Waals surface area (Å²) in [5.41, 5.74) is 1.94. The Morgan fingerprint density at radius 2 is 1.27 bits per heavy atom. The Kier molecular flexibility index (Phi) is 18.7. The van der Waals surface area contributed by atoms with Gasteiger partial charge >= 0.3 is 23.9 Å². The fourth-order valence-electron chi connectivity index (χ4n) is 5.89. The molecule has 0 aliphatic carbocycles. The zero-order chi connectivity index (χ0) is 38.8. The lowest BCUT2D eigenvalue weighted by Crippen LogP contribution is -2.48. The second kappa shape index (κ2) is 22.4. The highest BCUT2D eigenvalue weighted by Crippen LogP contribution is 2.22. The van der Waals surface area contributed by atoms with Crippen molar-refractivity contribution in [3.05, 3.63) is 65.5 Å². The van der Waals surface area contributed by atoms with Crippen LogP contribution in [-0.2, 0) is 41.7 Å². The van der Waals surface area contributed by atoms with Crippen LogP contribution in [0.2, 0.25) is 0 Å². The van der Waals surface area contributed by atoms with Crippen LogP contribution in [0.4, 0.5) is 4.39 Å². The van der Waals surface area contributed by atoms with E-state index in [-0.39, 0.29) is 17.8 Å². The van der Waals surface area contributed by atoms with Gasteiger partial charge in [-0.1, -0.05) is 38.1 Å². The second-order valence-electron chi connectivity index (χ2n) is 13.3. The third-order valence-electron chi connectivity index (χ3n) is 8.26. The van der Waals surface area contributed by atoms with Crippen LogP contribution in [0.15, 0.2) is 48.5 Å². The maximum atomic E-state index is 13.7. The number of aliphatic carboxylic acids is 4. The number of rotatable bonds is 12. The van der Waals surface area contributed by atoms with Gasteiger partial charge in [-0.3, -0.25) is 9.69 Å². The number of nitrogens with zero attached hydrogens (tertiary/aromatic N) is 3. The Balaban J connectivity index is 0.000000671. The predicted molar refractivity (Wildman–Crippen MR) is 189 cm³/mol. The molecular formula is C37H52FN3O11. The second-order valence-corrected chi connectivity index (χ2v) is 13.3. The molecule has 2 heterocycles. The van der Waals surface area contributed by atoms with Gasteiger partial charge in [0.25, 0.3) is 0 Å². The molecule has 2 fully saturated rings. The van der Waals surface area contributed by atoms with E-state index in [1.54, 1.807) is 12.1 Å². The molecule has 2 aliphatic rings. The van der Waals surface area contributed by atoms with Crippen LogP contribution in [0.25, 0.3) is 0 Å². The van der Waals surface area contributed by atoms with Gasteiger partial charge in [-0.25, -0.2) is 23.6 Å². The Morgan fingerprint density at radius 1 is 0.788 bits per heavy atom. The minimum Gasteiger partial charge on any atom is -0.493 e. The molecule has 2 aromatic rings. The summed E-state index contributed by atoms with van der Waals surface area (Å²) in [6.07, 6.45) is 4.03. The minimum atomic E-state index is -1.82. The average molecular weight is 734 g/mol. The Labute approximate surface area is 303 Å². The lowest BCUT2D eigenvalue weighted by atomic mass is 10.0. The lowest BCUT2D eigenvalue weighted by molar-refractivity contribution is -0.159. The van der Waals surface area contributed by atoms with Gasteiger partial charge < -0.3 is 39.7 Å². The van der Waals surface area contributed by atoms with Crippen molar-refractivity contribution in [1.82, 2.24) is 14.7 Å². The molecule has 4 rings (SSSR count). The van der Waals surface area contributed by atoms with Gasteiger partial charge in [0.15, 0.2) is 0 Å². The lowest BCUT2D eigenvalue weighted by Gasteiger charge is -2.39. The van der Waals surface area contributed by atoms with Gasteiger partial charge in [0.1, 0.15) is 11.6 Å².